The number of nitro benzene ring substituents is 1. The van der Waals surface area contributed by atoms with Gasteiger partial charge in [-0.05, 0) is 23.8 Å². The molecule has 0 radical (unpaired) electrons. The van der Waals surface area contributed by atoms with Gasteiger partial charge in [0.25, 0.3) is 5.69 Å². The Balaban J connectivity index is 1.98. The zero-order valence-electron chi connectivity index (χ0n) is 14.1. The van der Waals surface area contributed by atoms with Crippen molar-refractivity contribution >= 4 is 22.4 Å². The normalized spacial score (nSPS) is 10.8. The molecule has 25 heavy (non-hydrogen) atoms. The van der Waals surface area contributed by atoms with E-state index in [1.165, 1.54) is 15.2 Å². The second-order valence-electron chi connectivity index (χ2n) is 5.72. The summed E-state index contributed by atoms with van der Waals surface area (Å²) in [5.41, 5.74) is 2.19. The van der Waals surface area contributed by atoms with Gasteiger partial charge in [0.1, 0.15) is 11.4 Å². The van der Waals surface area contributed by atoms with Crippen LogP contribution in [0.25, 0.3) is 11.0 Å². The number of rotatable bonds is 5. The number of aromatic nitrogens is 2. The van der Waals surface area contributed by atoms with Gasteiger partial charge in [-0.25, -0.2) is 4.79 Å². The van der Waals surface area contributed by atoms with Gasteiger partial charge in [-0.1, -0.05) is 12.1 Å². The molecule has 0 saturated carbocycles. The molecule has 0 bridgehead atoms. The fourth-order valence-corrected chi connectivity index (χ4v) is 2.77. The number of anilines is 1. The number of nitrogens with zero attached hydrogens (tertiary/aromatic N) is 3. The van der Waals surface area contributed by atoms with Crippen LogP contribution in [0.5, 0.6) is 5.75 Å². The van der Waals surface area contributed by atoms with Crippen molar-refractivity contribution in [1.82, 2.24) is 9.13 Å². The van der Waals surface area contributed by atoms with Crippen LogP contribution in [0.1, 0.15) is 5.56 Å². The Morgan fingerprint density at radius 3 is 2.28 bits per heavy atom. The topological polar surface area (TPSA) is 91.3 Å². The van der Waals surface area contributed by atoms with Crippen molar-refractivity contribution in [2.45, 2.75) is 6.54 Å². The third-order valence-corrected chi connectivity index (χ3v) is 4.23. The first-order valence-electron chi connectivity index (χ1n) is 7.63. The number of aryl methyl sites for hydroxylation is 2. The number of nitrogens with one attached hydrogen (secondary N) is 1. The summed E-state index contributed by atoms with van der Waals surface area (Å²) >= 11 is 0. The van der Waals surface area contributed by atoms with E-state index in [2.05, 4.69) is 5.32 Å². The van der Waals surface area contributed by atoms with Crippen LogP contribution in [0.2, 0.25) is 0 Å². The maximum Gasteiger partial charge on any atom is 0.328 e. The van der Waals surface area contributed by atoms with Crippen molar-refractivity contribution in [1.29, 1.82) is 0 Å². The van der Waals surface area contributed by atoms with E-state index in [0.717, 1.165) is 11.3 Å². The highest BCUT2D eigenvalue weighted by Crippen LogP contribution is 2.30. The van der Waals surface area contributed by atoms with E-state index in [9.17, 15) is 14.9 Å². The van der Waals surface area contributed by atoms with Crippen molar-refractivity contribution in [2.24, 2.45) is 14.1 Å². The molecule has 0 spiro atoms. The molecule has 1 aromatic heterocycles. The number of nitro groups is 1. The Bertz CT molecular complexity index is 1000. The van der Waals surface area contributed by atoms with E-state index in [-0.39, 0.29) is 11.4 Å². The SMILES string of the molecule is COc1ccc(CNc2cc3c(cc2[N+](=O)[O-])n(C)c(=O)n3C)cc1. The summed E-state index contributed by atoms with van der Waals surface area (Å²) in [6.45, 7) is 0.414. The summed E-state index contributed by atoms with van der Waals surface area (Å²) in [7, 11) is 4.83. The number of ether oxygens (including phenoxy) is 1. The van der Waals surface area contributed by atoms with Crippen molar-refractivity contribution < 1.29 is 9.66 Å². The van der Waals surface area contributed by atoms with Gasteiger partial charge in [0.15, 0.2) is 0 Å². The second-order valence-corrected chi connectivity index (χ2v) is 5.72. The Morgan fingerprint density at radius 1 is 1.12 bits per heavy atom. The van der Waals surface area contributed by atoms with Gasteiger partial charge in [-0.15, -0.1) is 0 Å². The number of hydrogen-bond donors (Lipinski definition) is 1. The highest BCUT2D eigenvalue weighted by atomic mass is 16.6. The lowest BCUT2D eigenvalue weighted by atomic mass is 10.2. The summed E-state index contributed by atoms with van der Waals surface area (Å²) in [6, 6.07) is 10.5. The zero-order valence-corrected chi connectivity index (χ0v) is 14.1. The quantitative estimate of drug-likeness (QED) is 0.568. The highest BCUT2D eigenvalue weighted by Gasteiger charge is 2.19. The molecule has 0 fully saturated rings. The Hall–Kier alpha value is -3.29. The molecular formula is C17H18N4O4. The summed E-state index contributed by atoms with van der Waals surface area (Å²) < 4.78 is 7.98. The molecular weight excluding hydrogens is 324 g/mol. The molecule has 3 aromatic rings. The first-order valence-corrected chi connectivity index (χ1v) is 7.63. The molecule has 0 atom stereocenters. The Kier molecular flexibility index (Phi) is 4.18. The molecule has 8 nitrogen and oxygen atoms in total. The van der Waals surface area contributed by atoms with Crippen LogP contribution in [0, 0.1) is 10.1 Å². The minimum Gasteiger partial charge on any atom is -0.497 e. The third kappa shape index (κ3) is 2.93. The van der Waals surface area contributed by atoms with Gasteiger partial charge in [-0.2, -0.15) is 0 Å². The summed E-state index contributed by atoms with van der Waals surface area (Å²) in [6.07, 6.45) is 0. The molecule has 0 saturated heterocycles. The second kappa shape index (κ2) is 6.31. The van der Waals surface area contributed by atoms with Crippen molar-refractivity contribution in [3.05, 3.63) is 62.6 Å². The number of hydrogen-bond acceptors (Lipinski definition) is 5. The summed E-state index contributed by atoms with van der Waals surface area (Å²) in [5.74, 6) is 0.746. The first-order chi connectivity index (χ1) is 11.9. The van der Waals surface area contributed by atoms with Crippen LogP contribution in [0.4, 0.5) is 11.4 Å². The zero-order chi connectivity index (χ0) is 18.1. The van der Waals surface area contributed by atoms with E-state index in [4.69, 9.17) is 4.74 Å². The lowest BCUT2D eigenvalue weighted by molar-refractivity contribution is -0.383. The van der Waals surface area contributed by atoms with Crippen LogP contribution in [0.3, 0.4) is 0 Å². The van der Waals surface area contributed by atoms with Gasteiger partial charge < -0.3 is 10.1 Å². The van der Waals surface area contributed by atoms with E-state index in [0.29, 0.717) is 23.3 Å². The number of imidazole rings is 1. The minimum absolute atomic E-state index is 0.0674. The van der Waals surface area contributed by atoms with Gasteiger partial charge in [0.05, 0.1) is 23.1 Å². The molecule has 1 heterocycles. The van der Waals surface area contributed by atoms with E-state index in [1.54, 1.807) is 27.3 Å². The minimum atomic E-state index is -0.451. The molecule has 1 N–H and O–H groups in total. The maximum absolute atomic E-state index is 12.0. The lowest BCUT2D eigenvalue weighted by Gasteiger charge is -2.09. The van der Waals surface area contributed by atoms with Crippen molar-refractivity contribution in [2.75, 3.05) is 12.4 Å². The average molecular weight is 342 g/mol. The third-order valence-electron chi connectivity index (χ3n) is 4.23. The summed E-state index contributed by atoms with van der Waals surface area (Å²) in [5, 5.41) is 14.5. The van der Waals surface area contributed by atoms with E-state index < -0.39 is 4.92 Å². The largest absolute Gasteiger partial charge is 0.497 e. The van der Waals surface area contributed by atoms with Crippen LogP contribution in [-0.4, -0.2) is 21.2 Å². The predicted octanol–water partition coefficient (Wildman–Crippen LogP) is 2.41. The van der Waals surface area contributed by atoms with Gasteiger partial charge in [0, 0.05) is 26.7 Å². The summed E-state index contributed by atoms with van der Waals surface area (Å²) in [4.78, 5) is 23.0. The maximum atomic E-state index is 12.0. The first kappa shape index (κ1) is 16.6. The Morgan fingerprint density at radius 2 is 1.72 bits per heavy atom. The predicted molar refractivity (Wildman–Crippen MR) is 95.1 cm³/mol. The number of methoxy groups -OCH3 is 1. The number of benzene rings is 2. The molecule has 3 rings (SSSR count). The van der Waals surface area contributed by atoms with Gasteiger partial charge in [0.2, 0.25) is 0 Å². The van der Waals surface area contributed by atoms with E-state index >= 15 is 0 Å². The molecule has 0 aliphatic rings. The van der Waals surface area contributed by atoms with Crippen LogP contribution < -0.4 is 15.7 Å². The van der Waals surface area contributed by atoms with E-state index in [1.807, 2.05) is 24.3 Å². The van der Waals surface area contributed by atoms with Crippen LogP contribution in [0.15, 0.2) is 41.2 Å². The monoisotopic (exact) mass is 342 g/mol. The van der Waals surface area contributed by atoms with Gasteiger partial charge in [-0.3, -0.25) is 19.2 Å². The lowest BCUT2D eigenvalue weighted by Crippen LogP contribution is -2.19. The molecule has 0 aliphatic carbocycles. The van der Waals surface area contributed by atoms with Crippen LogP contribution in [-0.2, 0) is 20.6 Å². The average Bonchev–Trinajstić information content (AvgIpc) is 2.83. The van der Waals surface area contributed by atoms with Crippen molar-refractivity contribution in [3.8, 4) is 5.75 Å². The molecule has 0 amide bonds. The Labute approximate surface area is 143 Å². The standard InChI is InChI=1S/C17H18N4O4/c1-19-15-8-13(18-10-11-4-6-12(25-3)7-5-11)14(21(23)24)9-16(15)20(2)17(19)22/h4-9,18H,10H2,1-3H3. The number of fused-ring (bicyclic) bond motifs is 1. The fourth-order valence-electron chi connectivity index (χ4n) is 2.77. The molecule has 0 aliphatic heterocycles. The fraction of sp³-hybridized carbons (Fsp3) is 0.235. The molecule has 0 unspecified atom stereocenters. The van der Waals surface area contributed by atoms with Crippen molar-refractivity contribution in [3.63, 3.8) is 0 Å². The molecule has 2 aromatic carbocycles. The molecule has 8 heteroatoms. The smallest absolute Gasteiger partial charge is 0.328 e. The molecule has 130 valence electrons. The highest BCUT2D eigenvalue weighted by molar-refractivity contribution is 5.85. The van der Waals surface area contributed by atoms with Gasteiger partial charge >= 0.3 is 5.69 Å². The van der Waals surface area contributed by atoms with Crippen LogP contribution >= 0.6 is 0 Å².